The maximum absolute atomic E-state index is 11.2. The first kappa shape index (κ1) is 14.9. The summed E-state index contributed by atoms with van der Waals surface area (Å²) in [6.07, 6.45) is 1.31. The van der Waals surface area contributed by atoms with E-state index in [-0.39, 0.29) is 17.9 Å². The van der Waals surface area contributed by atoms with Gasteiger partial charge >= 0.3 is 5.97 Å². The highest BCUT2D eigenvalue weighted by atomic mass is 16.5. The van der Waals surface area contributed by atoms with Gasteiger partial charge in [0.25, 0.3) is 0 Å². The van der Waals surface area contributed by atoms with Crippen molar-refractivity contribution >= 4 is 11.9 Å². The Kier molecular flexibility index (Phi) is 8.52. The number of rotatable bonds is 8. The molecule has 0 aliphatic rings. The number of hydrogen-bond acceptors (Lipinski definition) is 4. The molecule has 0 saturated heterocycles. The lowest BCUT2D eigenvalue weighted by Gasteiger charge is -2.12. The summed E-state index contributed by atoms with van der Waals surface area (Å²) in [7, 11) is 0. The molecule has 5 nitrogen and oxygen atoms in total. The lowest BCUT2D eigenvalue weighted by molar-refractivity contribution is -0.145. The minimum absolute atomic E-state index is 0.00501. The van der Waals surface area contributed by atoms with E-state index in [2.05, 4.69) is 10.6 Å². The second-order valence-corrected chi connectivity index (χ2v) is 3.53. The van der Waals surface area contributed by atoms with Crippen molar-refractivity contribution in [3.05, 3.63) is 0 Å². The maximum Gasteiger partial charge on any atom is 0.322 e. The molecule has 0 aromatic heterocycles. The number of carbonyl (C=O) groups is 2. The molecule has 1 atom stereocenters. The zero-order valence-electron chi connectivity index (χ0n) is 10.3. The monoisotopic (exact) mass is 230 g/mol. The molecule has 1 unspecified atom stereocenters. The maximum atomic E-state index is 11.2. The Bertz CT molecular complexity index is 219. The minimum atomic E-state index is -0.362. The van der Waals surface area contributed by atoms with Gasteiger partial charge in [-0.05, 0) is 20.3 Å². The second kappa shape index (κ2) is 9.15. The van der Waals surface area contributed by atoms with Crippen molar-refractivity contribution < 1.29 is 14.3 Å². The first-order valence-electron chi connectivity index (χ1n) is 5.78. The van der Waals surface area contributed by atoms with Gasteiger partial charge in [0.2, 0.25) is 5.91 Å². The summed E-state index contributed by atoms with van der Waals surface area (Å²) in [6.45, 7) is 7.05. The fourth-order valence-electron chi connectivity index (χ4n) is 1.11. The molecular formula is C11H22N2O3. The minimum Gasteiger partial charge on any atom is -0.465 e. The normalized spacial score (nSPS) is 11.9. The van der Waals surface area contributed by atoms with Crippen molar-refractivity contribution in [2.45, 2.75) is 39.7 Å². The summed E-state index contributed by atoms with van der Waals surface area (Å²) in [5, 5.41) is 5.70. The summed E-state index contributed by atoms with van der Waals surface area (Å²) in [5.41, 5.74) is 0. The van der Waals surface area contributed by atoms with Gasteiger partial charge in [0.15, 0.2) is 0 Å². The second-order valence-electron chi connectivity index (χ2n) is 3.53. The zero-order chi connectivity index (χ0) is 12.4. The predicted molar refractivity (Wildman–Crippen MR) is 62.0 cm³/mol. The highest BCUT2D eigenvalue weighted by Crippen LogP contribution is 1.88. The molecule has 0 rings (SSSR count). The molecule has 0 aliphatic heterocycles. The van der Waals surface area contributed by atoms with Gasteiger partial charge in [-0.2, -0.15) is 0 Å². The number of hydrogen-bond donors (Lipinski definition) is 2. The predicted octanol–water partition coefficient (Wildman–Crippen LogP) is 0.444. The largest absolute Gasteiger partial charge is 0.465 e. The molecule has 0 aliphatic carbocycles. The molecule has 0 spiro atoms. The summed E-state index contributed by atoms with van der Waals surface area (Å²) in [5.74, 6) is -0.276. The molecule has 2 N–H and O–H groups in total. The third kappa shape index (κ3) is 7.23. The van der Waals surface area contributed by atoms with Crippen LogP contribution in [-0.2, 0) is 14.3 Å². The molecule has 1 amide bonds. The SMILES string of the molecule is CCCNC(=O)CCNC(C)C(=O)OCC. The zero-order valence-corrected chi connectivity index (χ0v) is 10.3. The standard InChI is InChI=1S/C11H22N2O3/c1-4-7-13-10(14)6-8-12-9(3)11(15)16-5-2/h9,12H,4-8H2,1-3H3,(H,13,14). The Morgan fingerprint density at radius 1 is 1.25 bits per heavy atom. The Hall–Kier alpha value is -1.10. The number of nitrogens with one attached hydrogen (secondary N) is 2. The van der Waals surface area contributed by atoms with E-state index in [0.717, 1.165) is 6.42 Å². The van der Waals surface area contributed by atoms with Crippen molar-refractivity contribution in [3.8, 4) is 0 Å². The van der Waals surface area contributed by atoms with Crippen LogP contribution in [0.25, 0.3) is 0 Å². The molecule has 0 saturated carbocycles. The molecule has 16 heavy (non-hydrogen) atoms. The van der Waals surface area contributed by atoms with Crippen LogP contribution in [0.3, 0.4) is 0 Å². The summed E-state index contributed by atoms with van der Waals surface area (Å²) in [6, 6.07) is -0.362. The molecule has 0 radical (unpaired) electrons. The summed E-state index contributed by atoms with van der Waals surface area (Å²) < 4.78 is 4.82. The van der Waals surface area contributed by atoms with Crippen molar-refractivity contribution in [1.29, 1.82) is 0 Å². The van der Waals surface area contributed by atoms with E-state index in [0.29, 0.717) is 26.1 Å². The van der Waals surface area contributed by atoms with Gasteiger partial charge in [0.1, 0.15) is 6.04 Å². The smallest absolute Gasteiger partial charge is 0.322 e. The number of carbonyl (C=O) groups excluding carboxylic acids is 2. The van der Waals surface area contributed by atoms with Crippen LogP contribution in [-0.4, -0.2) is 37.6 Å². The average molecular weight is 230 g/mol. The lowest BCUT2D eigenvalue weighted by atomic mass is 10.3. The third-order valence-electron chi connectivity index (χ3n) is 2.01. The molecule has 94 valence electrons. The summed E-state index contributed by atoms with van der Waals surface area (Å²) in [4.78, 5) is 22.4. The Balaban J connectivity index is 3.57. The first-order valence-corrected chi connectivity index (χ1v) is 5.78. The number of amides is 1. The van der Waals surface area contributed by atoms with Crippen molar-refractivity contribution in [3.63, 3.8) is 0 Å². The lowest BCUT2D eigenvalue weighted by Crippen LogP contribution is -2.38. The molecule has 0 aromatic carbocycles. The van der Waals surface area contributed by atoms with E-state index in [1.165, 1.54) is 0 Å². The fourth-order valence-corrected chi connectivity index (χ4v) is 1.11. The molecule has 5 heteroatoms. The van der Waals surface area contributed by atoms with Gasteiger partial charge in [-0.1, -0.05) is 6.92 Å². The van der Waals surface area contributed by atoms with Crippen LogP contribution in [0.15, 0.2) is 0 Å². The number of esters is 1. The van der Waals surface area contributed by atoms with Crippen LogP contribution in [0.2, 0.25) is 0 Å². The fraction of sp³-hybridized carbons (Fsp3) is 0.818. The van der Waals surface area contributed by atoms with E-state index < -0.39 is 0 Å². The Labute approximate surface area is 96.9 Å². The van der Waals surface area contributed by atoms with Crippen molar-refractivity contribution in [2.24, 2.45) is 0 Å². The Morgan fingerprint density at radius 2 is 1.94 bits per heavy atom. The van der Waals surface area contributed by atoms with Crippen molar-refractivity contribution in [2.75, 3.05) is 19.7 Å². The molecule has 0 aromatic rings. The van der Waals surface area contributed by atoms with Crippen LogP contribution in [0.4, 0.5) is 0 Å². The molecule has 0 bridgehead atoms. The molecule has 0 heterocycles. The van der Waals surface area contributed by atoms with E-state index in [9.17, 15) is 9.59 Å². The quantitative estimate of drug-likeness (QED) is 0.594. The van der Waals surface area contributed by atoms with Crippen LogP contribution in [0, 0.1) is 0 Å². The summed E-state index contributed by atoms with van der Waals surface area (Å²) >= 11 is 0. The van der Waals surface area contributed by atoms with Crippen molar-refractivity contribution in [1.82, 2.24) is 10.6 Å². The van der Waals surface area contributed by atoms with Gasteiger partial charge in [-0.25, -0.2) is 0 Å². The van der Waals surface area contributed by atoms with Crippen LogP contribution < -0.4 is 10.6 Å². The van der Waals surface area contributed by atoms with E-state index in [4.69, 9.17) is 4.74 Å². The molecule has 0 fully saturated rings. The first-order chi connectivity index (χ1) is 7.61. The van der Waals surface area contributed by atoms with Gasteiger partial charge in [0.05, 0.1) is 6.61 Å². The van der Waals surface area contributed by atoms with Crippen LogP contribution in [0.1, 0.15) is 33.6 Å². The Morgan fingerprint density at radius 3 is 2.50 bits per heavy atom. The topological polar surface area (TPSA) is 67.4 Å². The highest BCUT2D eigenvalue weighted by Gasteiger charge is 2.12. The van der Waals surface area contributed by atoms with E-state index in [1.807, 2.05) is 6.92 Å². The van der Waals surface area contributed by atoms with Gasteiger partial charge < -0.3 is 15.4 Å². The van der Waals surface area contributed by atoms with Crippen LogP contribution in [0.5, 0.6) is 0 Å². The molecular weight excluding hydrogens is 208 g/mol. The van der Waals surface area contributed by atoms with E-state index >= 15 is 0 Å². The van der Waals surface area contributed by atoms with Crippen LogP contribution >= 0.6 is 0 Å². The van der Waals surface area contributed by atoms with Gasteiger partial charge in [0, 0.05) is 19.5 Å². The third-order valence-corrected chi connectivity index (χ3v) is 2.01. The van der Waals surface area contributed by atoms with Gasteiger partial charge in [-0.15, -0.1) is 0 Å². The average Bonchev–Trinajstić information content (AvgIpc) is 2.26. The van der Waals surface area contributed by atoms with E-state index in [1.54, 1.807) is 13.8 Å². The highest BCUT2D eigenvalue weighted by molar-refractivity contribution is 5.77. The number of ether oxygens (including phenoxy) is 1. The van der Waals surface area contributed by atoms with Gasteiger partial charge in [-0.3, -0.25) is 9.59 Å².